The first kappa shape index (κ1) is 19.8. The molecule has 1 aromatic heterocycles. The monoisotopic (exact) mass is 429 g/mol. The van der Waals surface area contributed by atoms with Crippen LogP contribution < -0.4 is 4.74 Å². The molecule has 0 fully saturated rings. The van der Waals surface area contributed by atoms with Gasteiger partial charge < -0.3 is 9.84 Å². The third kappa shape index (κ3) is 3.97. The molecule has 4 aromatic rings. The van der Waals surface area contributed by atoms with Gasteiger partial charge in [0.2, 0.25) is 0 Å². The average molecular weight is 429 g/mol. The molecule has 1 heterocycles. The Morgan fingerprint density at radius 3 is 2.43 bits per heavy atom. The van der Waals surface area contributed by atoms with Gasteiger partial charge in [-0.1, -0.05) is 6.07 Å². The number of thiazole rings is 1. The van der Waals surface area contributed by atoms with E-state index in [1.165, 1.54) is 11.3 Å². The Balaban J connectivity index is 1.56. The van der Waals surface area contributed by atoms with E-state index in [9.17, 15) is 18.3 Å². The zero-order chi connectivity index (χ0) is 21.3. The molecular weight excluding hydrogens is 415 g/mol. The smallest absolute Gasteiger partial charge is 0.416 e. The van der Waals surface area contributed by atoms with E-state index in [0.29, 0.717) is 17.5 Å². The van der Waals surface area contributed by atoms with Gasteiger partial charge in [-0.2, -0.15) is 18.3 Å². The van der Waals surface area contributed by atoms with Crippen molar-refractivity contribution in [3.63, 3.8) is 0 Å². The second-order valence-electron chi connectivity index (χ2n) is 6.27. The molecule has 0 aliphatic heterocycles. The zero-order valence-electron chi connectivity index (χ0n) is 15.5. The molecule has 0 spiro atoms. The van der Waals surface area contributed by atoms with Crippen LogP contribution in [0.2, 0.25) is 0 Å². The fraction of sp³-hybridized carbons (Fsp3) is 0.0952. The predicted molar refractivity (Wildman–Crippen MR) is 109 cm³/mol. The third-order valence-electron chi connectivity index (χ3n) is 4.29. The number of nitrogens with zero attached hydrogens (tertiary/aromatic N) is 3. The zero-order valence-corrected chi connectivity index (χ0v) is 16.3. The van der Waals surface area contributed by atoms with Crippen LogP contribution in [-0.2, 0) is 6.18 Å². The van der Waals surface area contributed by atoms with Crippen molar-refractivity contribution in [2.45, 2.75) is 6.18 Å². The first-order valence-electron chi connectivity index (χ1n) is 8.71. The summed E-state index contributed by atoms with van der Waals surface area (Å²) >= 11 is 1.53. The SMILES string of the molecule is COc1cccc2sc(-c3ccc(N=Nc4ccc(C(F)(F)F)cc4O)cc3)nc12. The van der Waals surface area contributed by atoms with Gasteiger partial charge >= 0.3 is 6.18 Å². The summed E-state index contributed by atoms with van der Waals surface area (Å²) in [5, 5.41) is 18.4. The molecule has 5 nitrogen and oxygen atoms in total. The molecule has 3 aromatic carbocycles. The summed E-state index contributed by atoms with van der Waals surface area (Å²) in [4.78, 5) is 4.63. The number of benzene rings is 3. The van der Waals surface area contributed by atoms with E-state index in [2.05, 4.69) is 15.2 Å². The average Bonchev–Trinajstić information content (AvgIpc) is 3.17. The maximum absolute atomic E-state index is 12.7. The van der Waals surface area contributed by atoms with Crippen LogP contribution in [0.3, 0.4) is 0 Å². The van der Waals surface area contributed by atoms with E-state index in [1.807, 2.05) is 30.3 Å². The largest absolute Gasteiger partial charge is 0.506 e. The van der Waals surface area contributed by atoms with E-state index >= 15 is 0 Å². The number of para-hydroxylation sites is 1. The maximum Gasteiger partial charge on any atom is 0.416 e. The van der Waals surface area contributed by atoms with Gasteiger partial charge in [0.05, 0.1) is 23.1 Å². The molecule has 1 N–H and O–H groups in total. The normalized spacial score (nSPS) is 12.0. The van der Waals surface area contributed by atoms with Crippen molar-refractivity contribution in [3.8, 4) is 22.1 Å². The van der Waals surface area contributed by atoms with Gasteiger partial charge in [0, 0.05) is 5.56 Å². The Morgan fingerprint density at radius 1 is 1.00 bits per heavy atom. The quantitative estimate of drug-likeness (QED) is 0.352. The van der Waals surface area contributed by atoms with Crippen molar-refractivity contribution < 1.29 is 23.0 Å². The topological polar surface area (TPSA) is 67.1 Å². The fourth-order valence-corrected chi connectivity index (χ4v) is 3.77. The molecule has 9 heteroatoms. The Kier molecular flexibility index (Phi) is 5.13. The number of rotatable bonds is 4. The molecule has 0 saturated heterocycles. The van der Waals surface area contributed by atoms with Crippen molar-refractivity contribution in [1.82, 2.24) is 4.98 Å². The Morgan fingerprint density at radius 2 is 1.77 bits per heavy atom. The van der Waals surface area contributed by atoms with Gasteiger partial charge in [-0.05, 0) is 54.6 Å². The van der Waals surface area contributed by atoms with Crippen molar-refractivity contribution in [2.75, 3.05) is 7.11 Å². The van der Waals surface area contributed by atoms with E-state index in [0.717, 1.165) is 32.9 Å². The summed E-state index contributed by atoms with van der Waals surface area (Å²) in [5.74, 6) is 0.116. The van der Waals surface area contributed by atoms with Gasteiger partial charge in [0.25, 0.3) is 0 Å². The van der Waals surface area contributed by atoms with Crippen LogP contribution in [0.25, 0.3) is 20.8 Å². The number of hydrogen-bond donors (Lipinski definition) is 1. The number of aromatic nitrogens is 1. The van der Waals surface area contributed by atoms with Crippen LogP contribution >= 0.6 is 11.3 Å². The maximum atomic E-state index is 12.7. The standard InChI is InChI=1S/C21H14F3N3O2S/c1-29-17-3-2-4-18-19(17)25-20(30-18)12-5-8-14(9-6-12)26-27-15-10-7-13(11-16(15)28)21(22,23)24/h2-11,28H,1H3. The molecule has 0 radical (unpaired) electrons. The molecule has 30 heavy (non-hydrogen) atoms. The molecule has 4 rings (SSSR count). The minimum Gasteiger partial charge on any atom is -0.506 e. The lowest BCUT2D eigenvalue weighted by atomic mass is 10.2. The Labute approximate surface area is 173 Å². The Hall–Kier alpha value is -3.46. The predicted octanol–water partition coefficient (Wildman–Crippen LogP) is 7.11. The third-order valence-corrected chi connectivity index (χ3v) is 5.36. The highest BCUT2D eigenvalue weighted by molar-refractivity contribution is 7.21. The van der Waals surface area contributed by atoms with Gasteiger partial charge in [-0.3, -0.25) is 0 Å². The first-order chi connectivity index (χ1) is 14.3. The number of phenols is 1. The molecule has 0 aliphatic rings. The van der Waals surface area contributed by atoms with Gasteiger partial charge in [-0.15, -0.1) is 16.5 Å². The van der Waals surface area contributed by atoms with E-state index in [-0.39, 0.29) is 5.69 Å². The van der Waals surface area contributed by atoms with Crippen LogP contribution in [0.4, 0.5) is 24.5 Å². The molecule has 0 amide bonds. The number of ether oxygens (including phenoxy) is 1. The molecular formula is C21H14F3N3O2S. The lowest BCUT2D eigenvalue weighted by molar-refractivity contribution is -0.137. The van der Waals surface area contributed by atoms with Crippen molar-refractivity contribution >= 4 is 32.9 Å². The number of aromatic hydroxyl groups is 1. The number of hydrogen-bond acceptors (Lipinski definition) is 6. The number of azo groups is 1. The molecule has 152 valence electrons. The molecule has 0 unspecified atom stereocenters. The summed E-state index contributed by atoms with van der Waals surface area (Å²) in [5.41, 5.74) is 1.16. The van der Waals surface area contributed by atoms with E-state index < -0.39 is 17.5 Å². The first-order valence-corrected chi connectivity index (χ1v) is 9.53. The van der Waals surface area contributed by atoms with Crippen LogP contribution in [0, 0.1) is 0 Å². The van der Waals surface area contributed by atoms with Crippen molar-refractivity contribution in [3.05, 3.63) is 66.2 Å². The number of fused-ring (bicyclic) bond motifs is 1. The Bertz CT molecular complexity index is 1230. The number of halogens is 3. The highest BCUT2D eigenvalue weighted by atomic mass is 32.1. The minimum absolute atomic E-state index is 0.0506. The summed E-state index contributed by atoms with van der Waals surface area (Å²) in [6, 6.07) is 15.3. The lowest BCUT2D eigenvalue weighted by Gasteiger charge is -2.07. The summed E-state index contributed by atoms with van der Waals surface area (Å²) in [7, 11) is 1.60. The lowest BCUT2D eigenvalue weighted by Crippen LogP contribution is -2.03. The molecule has 0 saturated carbocycles. The van der Waals surface area contributed by atoms with Crippen LogP contribution in [0.15, 0.2) is 70.9 Å². The molecule has 0 bridgehead atoms. The second kappa shape index (κ2) is 7.75. The second-order valence-corrected chi connectivity index (χ2v) is 7.30. The molecule has 0 atom stereocenters. The number of alkyl halides is 3. The van der Waals surface area contributed by atoms with Crippen LogP contribution in [0.5, 0.6) is 11.5 Å². The van der Waals surface area contributed by atoms with E-state index in [4.69, 9.17) is 4.74 Å². The van der Waals surface area contributed by atoms with Gasteiger partial charge in [0.15, 0.2) is 0 Å². The highest BCUT2D eigenvalue weighted by Gasteiger charge is 2.31. The number of phenolic OH excluding ortho intramolecular Hbond substituents is 1. The van der Waals surface area contributed by atoms with Crippen molar-refractivity contribution in [2.24, 2.45) is 10.2 Å². The summed E-state index contributed by atoms with van der Waals surface area (Å²) < 4.78 is 44.3. The summed E-state index contributed by atoms with van der Waals surface area (Å²) in [6.07, 6.45) is -4.53. The van der Waals surface area contributed by atoms with Crippen molar-refractivity contribution in [1.29, 1.82) is 0 Å². The minimum atomic E-state index is -4.53. The van der Waals surface area contributed by atoms with Gasteiger partial charge in [0.1, 0.15) is 27.7 Å². The highest BCUT2D eigenvalue weighted by Crippen LogP contribution is 2.37. The van der Waals surface area contributed by atoms with Crippen LogP contribution in [-0.4, -0.2) is 17.2 Å². The summed E-state index contributed by atoms with van der Waals surface area (Å²) in [6.45, 7) is 0. The number of methoxy groups -OCH3 is 1. The van der Waals surface area contributed by atoms with Gasteiger partial charge in [-0.25, -0.2) is 4.98 Å². The fourth-order valence-electron chi connectivity index (χ4n) is 2.78. The molecule has 0 aliphatic carbocycles. The van der Waals surface area contributed by atoms with E-state index in [1.54, 1.807) is 19.2 Å². The van der Waals surface area contributed by atoms with Crippen LogP contribution in [0.1, 0.15) is 5.56 Å².